The third kappa shape index (κ3) is 5.28. The summed E-state index contributed by atoms with van der Waals surface area (Å²) < 4.78 is 37.7. The number of Topliss-reactive ketones (excluding diaryl/α,β-unsaturated/α-hetero) is 1. The van der Waals surface area contributed by atoms with E-state index in [1.165, 1.54) is 13.0 Å². The van der Waals surface area contributed by atoms with Crippen molar-refractivity contribution < 1.29 is 27.6 Å². The molecule has 1 amide bonds. The van der Waals surface area contributed by atoms with Gasteiger partial charge in [-0.25, -0.2) is 0 Å². The zero-order valence-corrected chi connectivity index (χ0v) is 13.1. The van der Waals surface area contributed by atoms with Gasteiger partial charge in [-0.2, -0.15) is 13.2 Å². The molecule has 0 aliphatic carbocycles. The largest absolute Gasteiger partial charge is 0.433 e. The van der Waals surface area contributed by atoms with E-state index in [0.717, 1.165) is 12.3 Å². The number of hydroxylamine groups is 1. The Morgan fingerprint density at radius 1 is 1.20 bits per heavy atom. The fourth-order valence-corrected chi connectivity index (χ4v) is 1.89. The lowest BCUT2D eigenvalue weighted by molar-refractivity contribution is -0.141. The highest BCUT2D eigenvalue weighted by molar-refractivity contribution is 5.96. The van der Waals surface area contributed by atoms with Crippen molar-refractivity contribution in [2.75, 3.05) is 11.9 Å². The maximum atomic E-state index is 12.6. The molecule has 0 aliphatic rings. The van der Waals surface area contributed by atoms with E-state index in [9.17, 15) is 22.8 Å². The molecule has 0 radical (unpaired) electrons. The summed E-state index contributed by atoms with van der Waals surface area (Å²) in [6.45, 7) is 1.03. The van der Waals surface area contributed by atoms with Crippen LogP contribution in [0.3, 0.4) is 0 Å². The highest BCUT2D eigenvalue weighted by Gasteiger charge is 2.32. The van der Waals surface area contributed by atoms with E-state index < -0.39 is 17.8 Å². The number of halogens is 3. The monoisotopic (exact) mass is 353 g/mol. The molecule has 0 saturated heterocycles. The molecule has 0 aliphatic heterocycles. The molecule has 0 bridgehead atoms. The summed E-state index contributed by atoms with van der Waals surface area (Å²) in [6, 6.07) is 8.38. The summed E-state index contributed by atoms with van der Waals surface area (Å²) in [5, 5.41) is 2.29. The third-order valence-corrected chi connectivity index (χ3v) is 3.02. The smallest absolute Gasteiger partial charge is 0.407 e. The lowest BCUT2D eigenvalue weighted by Gasteiger charge is -2.11. The number of hydrogen-bond donors (Lipinski definition) is 2. The minimum absolute atomic E-state index is 0.0433. The van der Waals surface area contributed by atoms with Crippen molar-refractivity contribution in [3.05, 3.63) is 53.9 Å². The van der Waals surface area contributed by atoms with E-state index in [2.05, 4.69) is 15.8 Å². The Bertz CT molecular complexity index is 778. The molecule has 2 N–H and O–H groups in total. The number of nitrogens with one attached hydrogen (secondary N) is 2. The lowest BCUT2D eigenvalue weighted by atomic mass is 10.1. The van der Waals surface area contributed by atoms with Crippen LogP contribution in [0.2, 0.25) is 0 Å². The van der Waals surface area contributed by atoms with Crippen molar-refractivity contribution in [3.63, 3.8) is 0 Å². The molecule has 0 spiro atoms. The van der Waals surface area contributed by atoms with Crippen molar-refractivity contribution in [1.29, 1.82) is 0 Å². The zero-order valence-electron chi connectivity index (χ0n) is 13.1. The fourth-order valence-electron chi connectivity index (χ4n) is 1.89. The Kier molecular flexibility index (Phi) is 5.71. The van der Waals surface area contributed by atoms with Crippen molar-refractivity contribution in [2.45, 2.75) is 13.1 Å². The molecule has 6 nitrogen and oxygen atoms in total. The van der Waals surface area contributed by atoms with Gasteiger partial charge in [0.2, 0.25) is 5.91 Å². The van der Waals surface area contributed by atoms with Gasteiger partial charge in [0, 0.05) is 11.9 Å². The van der Waals surface area contributed by atoms with Gasteiger partial charge < -0.3 is 10.2 Å². The molecular formula is C16H14F3N3O3. The number of pyridine rings is 1. The van der Waals surface area contributed by atoms with Crippen LogP contribution in [-0.2, 0) is 11.0 Å². The van der Waals surface area contributed by atoms with Gasteiger partial charge in [-0.1, -0.05) is 12.1 Å². The Labute approximate surface area is 141 Å². The summed E-state index contributed by atoms with van der Waals surface area (Å²) in [7, 11) is 0. The Hall–Kier alpha value is -2.94. The minimum Gasteiger partial charge on any atom is -0.407 e. The highest BCUT2D eigenvalue weighted by Crippen LogP contribution is 2.28. The maximum Gasteiger partial charge on any atom is 0.433 e. The first-order valence-electron chi connectivity index (χ1n) is 7.10. The fraction of sp³-hybridized carbons (Fsp3) is 0.188. The summed E-state index contributed by atoms with van der Waals surface area (Å²) >= 11 is 0. The normalized spacial score (nSPS) is 11.0. The van der Waals surface area contributed by atoms with E-state index in [0.29, 0.717) is 5.56 Å². The predicted octanol–water partition coefficient (Wildman–Crippen LogP) is 2.83. The topological polar surface area (TPSA) is 80.3 Å². The molecule has 0 unspecified atom stereocenters. The molecule has 1 heterocycles. The van der Waals surface area contributed by atoms with Gasteiger partial charge in [0.15, 0.2) is 11.5 Å². The Morgan fingerprint density at radius 3 is 2.60 bits per heavy atom. The average molecular weight is 353 g/mol. The summed E-state index contributed by atoms with van der Waals surface area (Å²) in [5.74, 6) is -0.594. The number of hydrogen-bond acceptors (Lipinski definition) is 5. The number of benzene rings is 1. The van der Waals surface area contributed by atoms with Crippen LogP contribution in [-0.4, -0.2) is 23.2 Å². The van der Waals surface area contributed by atoms with Gasteiger partial charge in [0.05, 0.1) is 5.56 Å². The quantitative estimate of drug-likeness (QED) is 0.617. The molecule has 1 aromatic heterocycles. The number of anilines is 1. The van der Waals surface area contributed by atoms with Crippen LogP contribution in [0.5, 0.6) is 5.75 Å². The van der Waals surface area contributed by atoms with Gasteiger partial charge in [-0.3, -0.25) is 14.6 Å². The Balaban J connectivity index is 1.91. The standard InChI is InChI=1S/C16H14F3N3O3/c1-10(23)12-4-2-3-5-13(12)25-21-9-15(24)22-11-6-7-20-14(8-11)16(17,18)19/h2-8,21H,9H2,1H3,(H,20,22,24). The first kappa shape index (κ1) is 18.4. The molecule has 9 heteroatoms. The summed E-state index contributed by atoms with van der Waals surface area (Å²) in [5.41, 5.74) is 1.54. The van der Waals surface area contributed by atoms with Crippen molar-refractivity contribution in [3.8, 4) is 5.75 Å². The molecular weight excluding hydrogens is 339 g/mol. The molecule has 1 aromatic carbocycles. The summed E-state index contributed by atoms with van der Waals surface area (Å²) in [6.07, 6.45) is -3.65. The van der Waals surface area contributed by atoms with Crippen LogP contribution in [0.4, 0.5) is 18.9 Å². The van der Waals surface area contributed by atoms with Gasteiger partial charge >= 0.3 is 6.18 Å². The lowest BCUT2D eigenvalue weighted by Crippen LogP contribution is -2.31. The van der Waals surface area contributed by atoms with Gasteiger partial charge in [0.25, 0.3) is 0 Å². The van der Waals surface area contributed by atoms with E-state index in [4.69, 9.17) is 4.84 Å². The van der Waals surface area contributed by atoms with E-state index >= 15 is 0 Å². The molecule has 0 saturated carbocycles. The molecule has 132 valence electrons. The zero-order chi connectivity index (χ0) is 18.4. The minimum atomic E-state index is -4.60. The van der Waals surface area contributed by atoms with Crippen LogP contribution >= 0.6 is 0 Å². The van der Waals surface area contributed by atoms with Gasteiger partial charge in [-0.05, 0) is 31.2 Å². The predicted molar refractivity (Wildman–Crippen MR) is 82.9 cm³/mol. The van der Waals surface area contributed by atoms with Gasteiger partial charge in [0.1, 0.15) is 12.2 Å². The summed E-state index contributed by atoms with van der Waals surface area (Å²) in [4.78, 5) is 31.6. The first-order chi connectivity index (χ1) is 11.8. The number of carbonyl (C=O) groups excluding carboxylic acids is 2. The molecule has 0 fully saturated rings. The third-order valence-electron chi connectivity index (χ3n) is 3.02. The van der Waals surface area contributed by atoms with Crippen LogP contribution in [0.1, 0.15) is 23.0 Å². The van der Waals surface area contributed by atoms with Crippen LogP contribution < -0.4 is 15.6 Å². The molecule has 2 aromatic rings. The van der Waals surface area contributed by atoms with E-state index in [1.807, 2.05) is 0 Å². The number of alkyl halides is 3. The Morgan fingerprint density at radius 2 is 1.92 bits per heavy atom. The van der Waals surface area contributed by atoms with E-state index in [-0.39, 0.29) is 23.8 Å². The van der Waals surface area contributed by atoms with Crippen molar-refractivity contribution in [1.82, 2.24) is 10.5 Å². The van der Waals surface area contributed by atoms with Crippen LogP contribution in [0.15, 0.2) is 42.6 Å². The van der Waals surface area contributed by atoms with Crippen molar-refractivity contribution in [2.24, 2.45) is 0 Å². The second-order valence-corrected chi connectivity index (χ2v) is 4.95. The molecule has 25 heavy (non-hydrogen) atoms. The van der Waals surface area contributed by atoms with Crippen LogP contribution in [0.25, 0.3) is 0 Å². The average Bonchev–Trinajstić information content (AvgIpc) is 2.54. The number of rotatable bonds is 6. The number of aromatic nitrogens is 1. The SMILES string of the molecule is CC(=O)c1ccccc1ONCC(=O)Nc1ccnc(C(F)(F)F)c1. The second-order valence-electron chi connectivity index (χ2n) is 4.95. The second kappa shape index (κ2) is 7.75. The number of amides is 1. The maximum absolute atomic E-state index is 12.6. The number of para-hydroxylation sites is 1. The molecule has 2 rings (SSSR count). The van der Waals surface area contributed by atoms with E-state index in [1.54, 1.807) is 24.3 Å². The van der Waals surface area contributed by atoms with Gasteiger partial charge in [-0.15, -0.1) is 5.48 Å². The van der Waals surface area contributed by atoms with Crippen molar-refractivity contribution >= 4 is 17.4 Å². The number of carbonyl (C=O) groups is 2. The first-order valence-corrected chi connectivity index (χ1v) is 7.10. The highest BCUT2D eigenvalue weighted by atomic mass is 19.4. The molecule has 0 atom stereocenters. The number of ketones is 1. The van der Waals surface area contributed by atoms with Crippen LogP contribution in [0, 0.1) is 0 Å². The number of nitrogens with zero attached hydrogens (tertiary/aromatic N) is 1.